The summed E-state index contributed by atoms with van der Waals surface area (Å²) in [6.45, 7) is 0. The first-order valence-corrected chi connectivity index (χ1v) is 7.92. The van der Waals surface area contributed by atoms with Gasteiger partial charge in [-0.15, -0.1) is 0 Å². The number of rotatable bonds is 3. The summed E-state index contributed by atoms with van der Waals surface area (Å²) in [5, 5.41) is 12.9. The molecule has 0 aliphatic rings. The number of carbonyl (C=O) groups is 3. The number of hydrogen-bond acceptors (Lipinski definition) is 5. The van der Waals surface area contributed by atoms with E-state index in [1.165, 1.54) is 30.6 Å². The van der Waals surface area contributed by atoms with Crippen molar-refractivity contribution in [3.05, 3.63) is 65.5 Å². The molecule has 0 radical (unpaired) electrons. The lowest BCUT2D eigenvalue weighted by Crippen LogP contribution is -2.34. The summed E-state index contributed by atoms with van der Waals surface area (Å²) in [5.74, 6) is -2.44. The number of anilines is 1. The minimum absolute atomic E-state index is 0.0726. The van der Waals surface area contributed by atoms with Crippen molar-refractivity contribution in [1.29, 1.82) is 0 Å². The van der Waals surface area contributed by atoms with Crippen molar-refractivity contribution in [3.63, 3.8) is 0 Å². The molecule has 0 spiro atoms. The molecule has 2 aromatic carbocycles. The van der Waals surface area contributed by atoms with Crippen molar-refractivity contribution in [2.24, 2.45) is 0 Å². The number of halogens is 3. The number of hydrogen-bond donors (Lipinski definition) is 3. The second kappa shape index (κ2) is 7.54. The van der Waals surface area contributed by atoms with Crippen LogP contribution < -0.4 is 10.6 Å². The highest BCUT2D eigenvalue weighted by molar-refractivity contribution is 6.09. The van der Waals surface area contributed by atoms with Crippen LogP contribution >= 0.6 is 0 Å². The molecular formula is C18H11F3N4O4. The van der Waals surface area contributed by atoms with Crippen LogP contribution in [0.15, 0.2) is 48.8 Å². The zero-order valence-corrected chi connectivity index (χ0v) is 14.3. The van der Waals surface area contributed by atoms with E-state index in [2.05, 4.69) is 9.97 Å². The molecule has 0 saturated carbocycles. The van der Waals surface area contributed by atoms with Crippen molar-refractivity contribution >= 4 is 34.6 Å². The van der Waals surface area contributed by atoms with Crippen LogP contribution in [0.2, 0.25) is 0 Å². The van der Waals surface area contributed by atoms with Gasteiger partial charge in [-0.05, 0) is 36.4 Å². The molecule has 11 heteroatoms. The van der Waals surface area contributed by atoms with Gasteiger partial charge in [0, 0.05) is 23.6 Å². The number of alkyl halides is 3. The Bertz CT molecular complexity index is 1130. The number of aromatic carboxylic acids is 1. The molecule has 0 aliphatic heterocycles. The van der Waals surface area contributed by atoms with E-state index in [9.17, 15) is 27.6 Å². The SMILES string of the molecule is O=C(NC(=O)c1ccc2nccnc2c1)Nc1cc(C(=O)O)cc(C(F)(F)F)c1. The van der Waals surface area contributed by atoms with Gasteiger partial charge in [-0.3, -0.25) is 20.1 Å². The fourth-order valence-corrected chi connectivity index (χ4v) is 2.43. The number of amides is 3. The number of benzene rings is 2. The van der Waals surface area contributed by atoms with E-state index in [0.29, 0.717) is 23.2 Å². The molecular weight excluding hydrogens is 393 g/mol. The van der Waals surface area contributed by atoms with Gasteiger partial charge in [0.25, 0.3) is 5.91 Å². The van der Waals surface area contributed by atoms with Gasteiger partial charge in [0.05, 0.1) is 22.2 Å². The van der Waals surface area contributed by atoms with Crippen LogP contribution in [0.25, 0.3) is 11.0 Å². The van der Waals surface area contributed by atoms with Crippen LogP contribution in [0.4, 0.5) is 23.7 Å². The van der Waals surface area contributed by atoms with Gasteiger partial charge >= 0.3 is 18.2 Å². The minimum atomic E-state index is -4.82. The van der Waals surface area contributed by atoms with Gasteiger partial charge in [0.15, 0.2) is 0 Å². The van der Waals surface area contributed by atoms with E-state index in [4.69, 9.17) is 5.11 Å². The fourth-order valence-electron chi connectivity index (χ4n) is 2.43. The Labute approximate surface area is 160 Å². The van der Waals surface area contributed by atoms with Crippen molar-refractivity contribution in [2.45, 2.75) is 6.18 Å². The van der Waals surface area contributed by atoms with Crippen LogP contribution in [0.5, 0.6) is 0 Å². The Balaban J connectivity index is 1.78. The normalized spacial score (nSPS) is 11.1. The van der Waals surface area contributed by atoms with Crippen molar-refractivity contribution in [2.75, 3.05) is 5.32 Å². The van der Waals surface area contributed by atoms with Gasteiger partial charge in [-0.25, -0.2) is 9.59 Å². The standard InChI is InChI=1S/C18H11F3N4O4/c19-18(20,21)11-5-10(16(27)28)6-12(8-11)24-17(29)25-15(26)9-1-2-13-14(7-9)23-4-3-22-13/h1-8H,(H,27,28)(H2,24,25,26,29). The number of imide groups is 1. The first-order chi connectivity index (χ1) is 13.6. The molecule has 0 saturated heterocycles. The molecule has 148 valence electrons. The van der Waals surface area contributed by atoms with E-state index in [-0.39, 0.29) is 5.56 Å². The van der Waals surface area contributed by atoms with Gasteiger partial charge in [0.2, 0.25) is 0 Å². The molecule has 3 aromatic rings. The molecule has 3 amide bonds. The quantitative estimate of drug-likeness (QED) is 0.616. The lowest BCUT2D eigenvalue weighted by molar-refractivity contribution is -0.137. The Morgan fingerprint density at radius 2 is 1.59 bits per heavy atom. The molecule has 0 unspecified atom stereocenters. The predicted molar refractivity (Wildman–Crippen MR) is 94.4 cm³/mol. The average Bonchev–Trinajstić information content (AvgIpc) is 2.66. The summed E-state index contributed by atoms with van der Waals surface area (Å²) >= 11 is 0. The molecule has 0 atom stereocenters. The van der Waals surface area contributed by atoms with Gasteiger partial charge in [0.1, 0.15) is 0 Å². The first-order valence-electron chi connectivity index (χ1n) is 7.92. The molecule has 3 N–H and O–H groups in total. The van der Waals surface area contributed by atoms with E-state index in [0.717, 1.165) is 6.07 Å². The first kappa shape index (κ1) is 19.7. The minimum Gasteiger partial charge on any atom is -0.478 e. The number of fused-ring (bicyclic) bond motifs is 1. The Morgan fingerprint density at radius 1 is 0.897 bits per heavy atom. The smallest absolute Gasteiger partial charge is 0.416 e. The summed E-state index contributed by atoms with van der Waals surface area (Å²) in [6, 6.07) is 5.00. The number of carboxylic acid groups (broad SMARTS) is 1. The Kier molecular flexibility index (Phi) is 5.13. The van der Waals surface area contributed by atoms with Crippen molar-refractivity contribution in [1.82, 2.24) is 15.3 Å². The second-order valence-corrected chi connectivity index (χ2v) is 5.77. The summed E-state index contributed by atoms with van der Waals surface area (Å²) in [6.07, 6.45) is -1.93. The van der Waals surface area contributed by atoms with E-state index >= 15 is 0 Å². The van der Waals surface area contributed by atoms with Crippen LogP contribution in [0.3, 0.4) is 0 Å². The maximum absolute atomic E-state index is 12.9. The molecule has 8 nitrogen and oxygen atoms in total. The molecule has 1 aromatic heterocycles. The largest absolute Gasteiger partial charge is 0.478 e. The summed E-state index contributed by atoms with van der Waals surface area (Å²) in [4.78, 5) is 43.3. The maximum atomic E-state index is 12.9. The summed E-state index contributed by atoms with van der Waals surface area (Å²) < 4.78 is 38.8. The van der Waals surface area contributed by atoms with Crippen LogP contribution in [-0.4, -0.2) is 33.0 Å². The van der Waals surface area contributed by atoms with E-state index < -0.39 is 40.9 Å². The third-order valence-electron chi connectivity index (χ3n) is 3.72. The molecule has 3 rings (SSSR count). The maximum Gasteiger partial charge on any atom is 0.416 e. The van der Waals surface area contributed by atoms with Gasteiger partial charge in [-0.2, -0.15) is 13.2 Å². The highest BCUT2D eigenvalue weighted by Crippen LogP contribution is 2.32. The predicted octanol–water partition coefficient (Wildman–Crippen LogP) is 3.31. The number of urea groups is 1. The molecule has 1 heterocycles. The zero-order chi connectivity index (χ0) is 21.2. The van der Waals surface area contributed by atoms with Gasteiger partial charge in [-0.1, -0.05) is 0 Å². The van der Waals surface area contributed by atoms with Crippen LogP contribution in [-0.2, 0) is 6.18 Å². The highest BCUT2D eigenvalue weighted by atomic mass is 19.4. The number of aromatic nitrogens is 2. The average molecular weight is 404 g/mol. The fraction of sp³-hybridized carbons (Fsp3) is 0.0556. The second-order valence-electron chi connectivity index (χ2n) is 5.77. The molecule has 0 bridgehead atoms. The Morgan fingerprint density at radius 3 is 2.24 bits per heavy atom. The van der Waals surface area contributed by atoms with Crippen molar-refractivity contribution in [3.8, 4) is 0 Å². The van der Waals surface area contributed by atoms with E-state index in [1.54, 1.807) is 0 Å². The Hall–Kier alpha value is -4.02. The third kappa shape index (κ3) is 4.64. The topological polar surface area (TPSA) is 121 Å². The lowest BCUT2D eigenvalue weighted by atomic mass is 10.1. The van der Waals surface area contributed by atoms with Crippen LogP contribution in [0, 0.1) is 0 Å². The zero-order valence-electron chi connectivity index (χ0n) is 14.3. The third-order valence-corrected chi connectivity index (χ3v) is 3.72. The molecule has 29 heavy (non-hydrogen) atoms. The summed E-state index contributed by atoms with van der Waals surface area (Å²) in [5.41, 5.74) is -1.36. The van der Waals surface area contributed by atoms with Crippen LogP contribution in [0.1, 0.15) is 26.3 Å². The number of carboxylic acids is 1. The molecule has 0 aliphatic carbocycles. The number of nitrogens with one attached hydrogen (secondary N) is 2. The molecule has 0 fully saturated rings. The lowest BCUT2D eigenvalue weighted by Gasteiger charge is -2.12. The number of carbonyl (C=O) groups excluding carboxylic acids is 2. The summed E-state index contributed by atoms with van der Waals surface area (Å²) in [7, 11) is 0. The number of nitrogens with zero attached hydrogens (tertiary/aromatic N) is 2. The van der Waals surface area contributed by atoms with Gasteiger partial charge < -0.3 is 10.4 Å². The highest BCUT2D eigenvalue weighted by Gasteiger charge is 2.32. The van der Waals surface area contributed by atoms with E-state index in [1.807, 2.05) is 10.6 Å². The monoisotopic (exact) mass is 404 g/mol. The van der Waals surface area contributed by atoms with Crippen molar-refractivity contribution < 1.29 is 32.7 Å².